The quantitative estimate of drug-likeness (QED) is 0.878. The van der Waals surface area contributed by atoms with Crippen molar-refractivity contribution in [2.45, 2.75) is 13.0 Å². The Balaban J connectivity index is 2.47. The normalized spacial score (nSPS) is 11.1. The fourth-order valence-corrected chi connectivity index (χ4v) is 1.41. The van der Waals surface area contributed by atoms with E-state index in [9.17, 15) is 8.78 Å². The van der Waals surface area contributed by atoms with Crippen molar-refractivity contribution in [1.82, 2.24) is 19.7 Å². The molecule has 0 radical (unpaired) electrons. The predicted octanol–water partition coefficient (Wildman–Crippen LogP) is 1.31. The van der Waals surface area contributed by atoms with Crippen LogP contribution in [0.15, 0.2) is 18.6 Å². The summed E-state index contributed by atoms with van der Waals surface area (Å²) >= 11 is 0. The summed E-state index contributed by atoms with van der Waals surface area (Å²) in [4.78, 5) is 7.67. The minimum Gasteiger partial charge on any atom is -0.392 e. The molecule has 2 aromatic heterocycles. The predicted molar refractivity (Wildman–Crippen MR) is 55.1 cm³/mol. The zero-order valence-electron chi connectivity index (χ0n) is 9.01. The Kier molecular flexibility index (Phi) is 3.10. The van der Waals surface area contributed by atoms with Gasteiger partial charge >= 0.3 is 0 Å². The van der Waals surface area contributed by atoms with E-state index < -0.39 is 18.7 Å². The number of aryl methyl sites for hydroxylation is 1. The third kappa shape index (κ3) is 2.28. The van der Waals surface area contributed by atoms with Gasteiger partial charge in [-0.3, -0.25) is 4.68 Å². The van der Waals surface area contributed by atoms with Crippen LogP contribution in [0.25, 0.3) is 11.4 Å². The highest BCUT2D eigenvalue weighted by Gasteiger charge is 2.17. The zero-order valence-corrected chi connectivity index (χ0v) is 9.01. The Bertz CT molecular complexity index is 527. The van der Waals surface area contributed by atoms with Crippen molar-refractivity contribution in [1.29, 1.82) is 0 Å². The third-order valence-corrected chi connectivity index (χ3v) is 2.24. The number of hydrogen-bond donors (Lipinski definition) is 1. The molecule has 0 spiro atoms. The number of halogens is 2. The van der Waals surface area contributed by atoms with Crippen molar-refractivity contribution in [3.8, 4) is 11.4 Å². The number of alkyl halides is 2. The van der Waals surface area contributed by atoms with Gasteiger partial charge in [0.25, 0.3) is 6.43 Å². The van der Waals surface area contributed by atoms with Gasteiger partial charge in [0.1, 0.15) is 5.69 Å². The molecule has 0 bridgehead atoms. The number of rotatable bonds is 3. The van der Waals surface area contributed by atoms with Crippen molar-refractivity contribution in [3.05, 3.63) is 29.8 Å². The average Bonchev–Trinajstić information content (AvgIpc) is 2.75. The molecular formula is C10H10F2N4O. The van der Waals surface area contributed by atoms with Crippen molar-refractivity contribution in [2.24, 2.45) is 7.05 Å². The van der Waals surface area contributed by atoms with Crippen LogP contribution >= 0.6 is 0 Å². The van der Waals surface area contributed by atoms with Crippen LogP contribution in [0, 0.1) is 0 Å². The van der Waals surface area contributed by atoms with Crippen LogP contribution in [-0.2, 0) is 13.7 Å². The van der Waals surface area contributed by atoms with Gasteiger partial charge < -0.3 is 5.11 Å². The second-order valence-electron chi connectivity index (χ2n) is 3.47. The standard InChI is InChI=1S/C10H10F2N4O/c1-16-4-6(3-14-16)10-13-2-7(5-17)8(15-10)9(11)12/h2-4,9,17H,5H2,1H3. The van der Waals surface area contributed by atoms with E-state index in [1.54, 1.807) is 13.2 Å². The molecule has 0 saturated heterocycles. The summed E-state index contributed by atoms with van der Waals surface area (Å²) < 4.78 is 26.9. The fraction of sp³-hybridized carbons (Fsp3) is 0.300. The van der Waals surface area contributed by atoms with Gasteiger partial charge in [0.2, 0.25) is 0 Å². The fourth-order valence-electron chi connectivity index (χ4n) is 1.41. The molecule has 17 heavy (non-hydrogen) atoms. The van der Waals surface area contributed by atoms with Gasteiger partial charge in [-0.15, -0.1) is 0 Å². The summed E-state index contributed by atoms with van der Waals surface area (Å²) in [5, 5.41) is 12.8. The molecule has 90 valence electrons. The molecule has 0 unspecified atom stereocenters. The van der Waals surface area contributed by atoms with E-state index in [0.717, 1.165) is 0 Å². The van der Waals surface area contributed by atoms with E-state index >= 15 is 0 Å². The Morgan fingerprint density at radius 3 is 2.71 bits per heavy atom. The number of aromatic nitrogens is 4. The van der Waals surface area contributed by atoms with Crippen LogP contribution in [0.2, 0.25) is 0 Å². The van der Waals surface area contributed by atoms with Gasteiger partial charge in [-0.1, -0.05) is 0 Å². The number of aliphatic hydroxyl groups is 1. The van der Waals surface area contributed by atoms with Crippen molar-refractivity contribution in [3.63, 3.8) is 0 Å². The van der Waals surface area contributed by atoms with Crippen LogP contribution in [0.3, 0.4) is 0 Å². The largest absolute Gasteiger partial charge is 0.392 e. The van der Waals surface area contributed by atoms with E-state index in [0.29, 0.717) is 5.56 Å². The van der Waals surface area contributed by atoms with Gasteiger partial charge in [-0.2, -0.15) is 5.10 Å². The number of nitrogens with zero attached hydrogens (tertiary/aromatic N) is 4. The second-order valence-corrected chi connectivity index (χ2v) is 3.47. The molecule has 2 aromatic rings. The lowest BCUT2D eigenvalue weighted by molar-refractivity contribution is 0.141. The van der Waals surface area contributed by atoms with E-state index in [1.807, 2.05) is 0 Å². The van der Waals surface area contributed by atoms with Crippen LogP contribution in [0.4, 0.5) is 8.78 Å². The maximum Gasteiger partial charge on any atom is 0.280 e. The molecule has 2 rings (SSSR count). The van der Waals surface area contributed by atoms with E-state index in [4.69, 9.17) is 5.11 Å². The highest BCUT2D eigenvalue weighted by molar-refractivity contribution is 5.52. The van der Waals surface area contributed by atoms with E-state index in [2.05, 4.69) is 15.1 Å². The number of hydrogen-bond acceptors (Lipinski definition) is 4. The molecule has 0 amide bonds. The molecular weight excluding hydrogens is 230 g/mol. The Morgan fingerprint density at radius 2 is 2.18 bits per heavy atom. The monoisotopic (exact) mass is 240 g/mol. The van der Waals surface area contributed by atoms with Gasteiger partial charge in [-0.05, 0) is 0 Å². The summed E-state index contributed by atoms with van der Waals surface area (Å²) in [5.74, 6) is 0.172. The summed E-state index contributed by atoms with van der Waals surface area (Å²) in [7, 11) is 1.71. The van der Waals surface area contributed by atoms with Gasteiger partial charge in [-0.25, -0.2) is 18.7 Å². The molecule has 0 aromatic carbocycles. The summed E-state index contributed by atoms with van der Waals surface area (Å²) in [6, 6.07) is 0. The molecule has 0 saturated carbocycles. The SMILES string of the molecule is Cn1cc(-c2ncc(CO)c(C(F)F)n2)cn1. The molecule has 0 aliphatic carbocycles. The minimum atomic E-state index is -2.74. The maximum atomic E-state index is 12.7. The summed E-state index contributed by atoms with van der Waals surface area (Å²) in [6.07, 6.45) is 1.58. The Hall–Kier alpha value is -1.89. The first-order chi connectivity index (χ1) is 8.11. The second kappa shape index (κ2) is 4.54. The lowest BCUT2D eigenvalue weighted by atomic mass is 10.2. The average molecular weight is 240 g/mol. The van der Waals surface area contributed by atoms with Crippen molar-refractivity contribution in [2.75, 3.05) is 0 Å². The first kappa shape index (κ1) is 11.6. The minimum absolute atomic E-state index is 0.0349. The zero-order chi connectivity index (χ0) is 12.4. The van der Waals surface area contributed by atoms with Crippen molar-refractivity contribution >= 4 is 0 Å². The molecule has 7 heteroatoms. The Morgan fingerprint density at radius 1 is 1.41 bits per heavy atom. The Labute approximate surface area is 95.8 Å². The molecule has 1 N–H and O–H groups in total. The van der Waals surface area contributed by atoms with Crippen molar-refractivity contribution < 1.29 is 13.9 Å². The lowest BCUT2D eigenvalue weighted by Crippen LogP contribution is -2.02. The van der Waals surface area contributed by atoms with E-state index in [-0.39, 0.29) is 11.4 Å². The van der Waals surface area contributed by atoms with Crippen LogP contribution in [-0.4, -0.2) is 24.9 Å². The van der Waals surface area contributed by atoms with Gasteiger partial charge in [0, 0.05) is 25.0 Å². The first-order valence-corrected chi connectivity index (χ1v) is 4.85. The smallest absolute Gasteiger partial charge is 0.280 e. The first-order valence-electron chi connectivity index (χ1n) is 4.85. The van der Waals surface area contributed by atoms with Gasteiger partial charge in [0.05, 0.1) is 18.4 Å². The third-order valence-electron chi connectivity index (χ3n) is 2.24. The highest BCUT2D eigenvalue weighted by atomic mass is 19.3. The van der Waals surface area contributed by atoms with Crippen LogP contribution in [0.5, 0.6) is 0 Å². The maximum absolute atomic E-state index is 12.7. The molecule has 0 atom stereocenters. The summed E-state index contributed by atoms with van der Waals surface area (Å²) in [5.41, 5.74) is 0.146. The van der Waals surface area contributed by atoms with Gasteiger partial charge in [0.15, 0.2) is 5.82 Å². The molecule has 0 aliphatic heterocycles. The van der Waals surface area contributed by atoms with E-state index in [1.165, 1.54) is 17.1 Å². The molecule has 0 aliphatic rings. The topological polar surface area (TPSA) is 63.8 Å². The highest BCUT2D eigenvalue weighted by Crippen LogP contribution is 2.23. The van der Waals surface area contributed by atoms with Crippen LogP contribution < -0.4 is 0 Å². The summed E-state index contributed by atoms with van der Waals surface area (Å²) in [6.45, 7) is -0.507. The molecule has 2 heterocycles. The van der Waals surface area contributed by atoms with Crippen LogP contribution in [0.1, 0.15) is 17.7 Å². The molecule has 5 nitrogen and oxygen atoms in total. The molecule has 0 fully saturated rings. The lowest BCUT2D eigenvalue weighted by Gasteiger charge is -2.06. The number of aliphatic hydroxyl groups excluding tert-OH is 1.